The van der Waals surface area contributed by atoms with Crippen LogP contribution in [0.1, 0.15) is 43.4 Å². The number of hydrogen-bond acceptors (Lipinski definition) is 7. The third-order valence-corrected chi connectivity index (χ3v) is 9.44. The van der Waals surface area contributed by atoms with Crippen molar-refractivity contribution in [2.75, 3.05) is 11.4 Å². The van der Waals surface area contributed by atoms with Crippen molar-refractivity contribution in [3.05, 3.63) is 76.4 Å². The molecule has 3 aromatic rings. The fourth-order valence-electron chi connectivity index (χ4n) is 5.87. The zero-order valence-corrected chi connectivity index (χ0v) is 25.2. The van der Waals surface area contributed by atoms with Crippen LogP contribution in [0, 0.1) is 5.92 Å². The van der Waals surface area contributed by atoms with E-state index in [9.17, 15) is 19.2 Å². The summed E-state index contributed by atoms with van der Waals surface area (Å²) >= 11 is 1.58. The highest BCUT2D eigenvalue weighted by atomic mass is 32.1. The van der Waals surface area contributed by atoms with Crippen LogP contribution in [0.25, 0.3) is 10.1 Å². The molecule has 11 heteroatoms. The summed E-state index contributed by atoms with van der Waals surface area (Å²) in [6, 6.07) is 11.3. The van der Waals surface area contributed by atoms with Crippen molar-refractivity contribution in [2.45, 2.75) is 64.1 Å². The summed E-state index contributed by atoms with van der Waals surface area (Å²) in [6.45, 7) is 3.93. The first-order valence-electron chi connectivity index (χ1n) is 14.6. The Hall–Kier alpha value is -4.38. The van der Waals surface area contributed by atoms with Gasteiger partial charge in [0.2, 0.25) is 23.6 Å². The molecule has 0 radical (unpaired) electrons. The van der Waals surface area contributed by atoms with Crippen molar-refractivity contribution in [2.24, 2.45) is 17.4 Å². The van der Waals surface area contributed by atoms with Crippen molar-refractivity contribution in [3.8, 4) is 0 Å². The summed E-state index contributed by atoms with van der Waals surface area (Å²) in [4.78, 5) is 55.7. The molecule has 3 heterocycles. The second-order valence-electron chi connectivity index (χ2n) is 11.3. The quantitative estimate of drug-likeness (QED) is 0.239. The lowest BCUT2D eigenvalue weighted by molar-refractivity contribution is -0.133. The van der Waals surface area contributed by atoms with Crippen LogP contribution in [0.3, 0.4) is 0 Å². The van der Waals surface area contributed by atoms with E-state index in [4.69, 9.17) is 11.5 Å². The second kappa shape index (κ2) is 12.9. The van der Waals surface area contributed by atoms with E-state index >= 15 is 0 Å². The molecule has 43 heavy (non-hydrogen) atoms. The number of fused-ring (bicyclic) bond motifs is 1. The molecule has 5 rings (SSSR count). The van der Waals surface area contributed by atoms with E-state index in [1.165, 1.54) is 11.1 Å². The molecule has 7 N–H and O–H groups in total. The number of hydrogen-bond donors (Lipinski definition) is 5. The Bertz CT molecular complexity index is 1580. The third kappa shape index (κ3) is 6.22. The molecule has 0 bridgehead atoms. The van der Waals surface area contributed by atoms with Crippen LogP contribution in [-0.2, 0) is 38.4 Å². The number of carbonyl (C=O) groups is 4. The number of para-hydroxylation sites is 1. The fraction of sp³-hybridized carbons (Fsp3) is 0.375. The lowest BCUT2D eigenvalue weighted by atomic mass is 9.96. The molecule has 226 valence electrons. The highest BCUT2D eigenvalue weighted by molar-refractivity contribution is 7.17. The number of aryl methyl sites for hydroxylation is 1. The Morgan fingerprint density at radius 1 is 1.14 bits per heavy atom. The highest BCUT2D eigenvalue weighted by Gasteiger charge is 2.44. The smallest absolute Gasteiger partial charge is 0.250 e. The second-order valence-corrected chi connectivity index (χ2v) is 12.2. The summed E-state index contributed by atoms with van der Waals surface area (Å²) in [5.74, 6) is -1.53. The first kappa shape index (κ1) is 30.1. The van der Waals surface area contributed by atoms with Gasteiger partial charge in [0.15, 0.2) is 0 Å². The van der Waals surface area contributed by atoms with Gasteiger partial charge < -0.3 is 27.4 Å². The predicted molar refractivity (Wildman–Crippen MR) is 168 cm³/mol. The van der Waals surface area contributed by atoms with Crippen molar-refractivity contribution < 1.29 is 19.2 Å². The minimum absolute atomic E-state index is 0.0642. The Balaban J connectivity index is 1.32. The molecule has 0 unspecified atom stereocenters. The molecule has 4 amide bonds. The Morgan fingerprint density at radius 2 is 1.91 bits per heavy atom. The largest absolute Gasteiger partial charge is 0.403 e. The van der Waals surface area contributed by atoms with Crippen molar-refractivity contribution in [3.63, 3.8) is 0 Å². The van der Waals surface area contributed by atoms with E-state index in [0.717, 1.165) is 32.5 Å². The minimum atomic E-state index is -0.862. The molecule has 10 nitrogen and oxygen atoms in total. The van der Waals surface area contributed by atoms with Crippen LogP contribution in [-0.4, -0.2) is 48.3 Å². The van der Waals surface area contributed by atoms with Crippen LogP contribution in [0.15, 0.2) is 59.7 Å². The third-order valence-electron chi connectivity index (χ3n) is 8.43. The van der Waals surface area contributed by atoms with Gasteiger partial charge in [0, 0.05) is 23.0 Å². The standard InChI is InChI=1S/C32H38N6O4S/c1-3-18(2)28(37-27(39)14-21-17-43-26-10-5-4-9-23(21)26)31(41)36-24-12-11-19-7-6-8-20-13-25(38(29(19)20)32(24)42)30(40)35-16-22(34)15-33/h4-10,15,17-18,24-25,28H,3,11-14,16,33-34H2,1-2H3,(H,35,40)(H,36,41)(H,37,39)/b22-15-/t18-,24-,25-,28-/m0/s1. The van der Waals surface area contributed by atoms with Crippen LogP contribution >= 0.6 is 11.3 Å². The highest BCUT2D eigenvalue weighted by Crippen LogP contribution is 2.39. The summed E-state index contributed by atoms with van der Waals surface area (Å²) < 4.78 is 1.10. The van der Waals surface area contributed by atoms with Gasteiger partial charge in [0.1, 0.15) is 18.1 Å². The average molecular weight is 603 g/mol. The number of thiophene rings is 1. The molecule has 0 saturated heterocycles. The van der Waals surface area contributed by atoms with E-state index in [2.05, 4.69) is 16.0 Å². The zero-order chi connectivity index (χ0) is 30.7. The number of nitrogens with two attached hydrogens (primary N) is 2. The number of benzene rings is 2. The van der Waals surface area contributed by atoms with Gasteiger partial charge in [0.05, 0.1) is 18.7 Å². The Labute approximate surface area is 254 Å². The number of carbonyl (C=O) groups excluding carboxylic acids is 4. The normalized spacial score (nSPS) is 19.3. The number of anilines is 1. The summed E-state index contributed by atoms with van der Waals surface area (Å²) in [6.07, 6.45) is 3.31. The van der Waals surface area contributed by atoms with Crippen molar-refractivity contribution in [1.82, 2.24) is 16.0 Å². The van der Waals surface area contributed by atoms with Crippen LogP contribution < -0.4 is 32.3 Å². The molecule has 2 aromatic carbocycles. The number of nitrogens with zero attached hydrogens (tertiary/aromatic N) is 1. The number of rotatable bonds is 10. The molecular formula is C32H38N6O4S. The molecule has 0 spiro atoms. The topological polar surface area (TPSA) is 160 Å². The van der Waals surface area contributed by atoms with Gasteiger partial charge in [-0.3, -0.25) is 24.1 Å². The first-order valence-corrected chi connectivity index (χ1v) is 15.5. The monoisotopic (exact) mass is 602 g/mol. The maximum absolute atomic E-state index is 14.0. The van der Waals surface area contributed by atoms with Gasteiger partial charge in [-0.15, -0.1) is 11.3 Å². The molecule has 0 aliphatic carbocycles. The zero-order valence-electron chi connectivity index (χ0n) is 24.4. The molecule has 2 aliphatic heterocycles. The molecule has 0 fully saturated rings. The molecule has 2 aliphatic rings. The van der Waals surface area contributed by atoms with E-state index < -0.39 is 24.0 Å². The first-order chi connectivity index (χ1) is 20.7. The Kier molecular flexibility index (Phi) is 9.00. The number of nitrogens with one attached hydrogen (secondary N) is 3. The SMILES string of the molecule is CC[C@H](C)[C@H](NC(=O)Cc1csc2ccccc12)C(=O)N[C@H]1CCc2cccc3c2N(C1=O)[C@H](C(=O)NC/C(N)=C/N)C3. The summed E-state index contributed by atoms with van der Waals surface area (Å²) in [7, 11) is 0. The van der Waals surface area contributed by atoms with Gasteiger partial charge in [-0.05, 0) is 52.3 Å². The van der Waals surface area contributed by atoms with Gasteiger partial charge in [-0.1, -0.05) is 56.7 Å². The van der Waals surface area contributed by atoms with E-state index in [-0.39, 0.29) is 36.6 Å². The van der Waals surface area contributed by atoms with Gasteiger partial charge in [0.25, 0.3) is 0 Å². The van der Waals surface area contributed by atoms with Crippen LogP contribution in [0.4, 0.5) is 5.69 Å². The number of amides is 4. The lowest BCUT2D eigenvalue weighted by Gasteiger charge is -2.30. The molecule has 4 atom stereocenters. The minimum Gasteiger partial charge on any atom is -0.403 e. The summed E-state index contributed by atoms with van der Waals surface area (Å²) in [5.41, 5.74) is 15.0. The predicted octanol–water partition coefficient (Wildman–Crippen LogP) is 2.24. The van der Waals surface area contributed by atoms with E-state index in [0.29, 0.717) is 31.4 Å². The molecular weight excluding hydrogens is 564 g/mol. The fourth-order valence-corrected chi connectivity index (χ4v) is 6.83. The van der Waals surface area contributed by atoms with E-state index in [1.807, 2.05) is 61.7 Å². The van der Waals surface area contributed by atoms with Gasteiger partial charge in [-0.25, -0.2) is 0 Å². The summed E-state index contributed by atoms with van der Waals surface area (Å²) in [5, 5.41) is 11.6. The van der Waals surface area contributed by atoms with Crippen molar-refractivity contribution in [1.29, 1.82) is 0 Å². The lowest BCUT2D eigenvalue weighted by Crippen LogP contribution is -2.58. The maximum atomic E-state index is 14.0. The Morgan fingerprint density at radius 3 is 2.67 bits per heavy atom. The van der Waals surface area contributed by atoms with Crippen molar-refractivity contribution >= 4 is 50.7 Å². The van der Waals surface area contributed by atoms with Crippen LogP contribution in [0.2, 0.25) is 0 Å². The average Bonchev–Trinajstić information content (AvgIpc) is 3.57. The van der Waals surface area contributed by atoms with E-state index in [1.54, 1.807) is 11.3 Å². The molecule has 1 aromatic heterocycles. The van der Waals surface area contributed by atoms with Gasteiger partial charge in [-0.2, -0.15) is 0 Å². The van der Waals surface area contributed by atoms with Gasteiger partial charge >= 0.3 is 0 Å². The maximum Gasteiger partial charge on any atom is 0.250 e. The molecule has 0 saturated carbocycles. The van der Waals surface area contributed by atoms with Crippen LogP contribution in [0.5, 0.6) is 0 Å².